The van der Waals surface area contributed by atoms with Gasteiger partial charge in [0.05, 0.1) is 12.3 Å². The van der Waals surface area contributed by atoms with Crippen molar-refractivity contribution in [3.05, 3.63) is 60.1 Å². The first-order chi connectivity index (χ1) is 8.93. The van der Waals surface area contributed by atoms with Gasteiger partial charge in [0.1, 0.15) is 5.76 Å². The minimum absolute atomic E-state index is 0.453. The van der Waals surface area contributed by atoms with E-state index in [9.17, 15) is 0 Å². The third-order valence-electron chi connectivity index (χ3n) is 3.71. The summed E-state index contributed by atoms with van der Waals surface area (Å²) in [7, 11) is 0. The van der Waals surface area contributed by atoms with E-state index in [4.69, 9.17) is 4.42 Å². The molecule has 1 aromatic carbocycles. The van der Waals surface area contributed by atoms with Crippen LogP contribution in [0.4, 0.5) is 0 Å². The summed E-state index contributed by atoms with van der Waals surface area (Å²) < 4.78 is 5.60. The number of hydrogen-bond donors (Lipinski definition) is 0. The summed E-state index contributed by atoms with van der Waals surface area (Å²) in [5.41, 5.74) is 1.39. The van der Waals surface area contributed by atoms with E-state index in [1.807, 2.05) is 6.07 Å². The van der Waals surface area contributed by atoms with Gasteiger partial charge in [0.25, 0.3) is 0 Å². The Hall–Kier alpha value is -1.54. The summed E-state index contributed by atoms with van der Waals surface area (Å²) >= 11 is 0. The van der Waals surface area contributed by atoms with E-state index in [-0.39, 0.29) is 0 Å². The van der Waals surface area contributed by atoms with E-state index >= 15 is 0 Å². The molecule has 2 nitrogen and oxygen atoms in total. The van der Waals surface area contributed by atoms with Crippen LogP contribution in [0.1, 0.15) is 36.6 Å². The first-order valence-corrected chi connectivity index (χ1v) is 6.75. The van der Waals surface area contributed by atoms with Crippen LogP contribution < -0.4 is 0 Å². The number of rotatable bonds is 3. The molecule has 1 atom stereocenters. The lowest BCUT2D eigenvalue weighted by atomic mass is 9.99. The number of hydrogen-bond acceptors (Lipinski definition) is 2. The van der Waals surface area contributed by atoms with Crippen LogP contribution in [0, 0.1) is 0 Å². The molecule has 1 aliphatic heterocycles. The average molecular weight is 241 g/mol. The van der Waals surface area contributed by atoms with Crippen molar-refractivity contribution >= 4 is 0 Å². The molecule has 2 heteroatoms. The largest absolute Gasteiger partial charge is 0.468 e. The van der Waals surface area contributed by atoms with E-state index in [0.717, 1.165) is 12.3 Å². The number of furan rings is 1. The zero-order chi connectivity index (χ0) is 12.2. The summed E-state index contributed by atoms with van der Waals surface area (Å²) in [6.45, 7) is 2.19. The van der Waals surface area contributed by atoms with E-state index in [0.29, 0.717) is 6.04 Å². The van der Waals surface area contributed by atoms with Gasteiger partial charge in [-0.25, -0.2) is 0 Å². The summed E-state index contributed by atoms with van der Waals surface area (Å²) in [5.74, 6) is 1.12. The number of benzene rings is 1. The van der Waals surface area contributed by atoms with Crippen LogP contribution in [0.25, 0.3) is 0 Å². The van der Waals surface area contributed by atoms with Gasteiger partial charge in [-0.1, -0.05) is 36.8 Å². The molecule has 1 saturated heterocycles. The topological polar surface area (TPSA) is 16.4 Å². The molecule has 0 amide bonds. The van der Waals surface area contributed by atoms with Crippen molar-refractivity contribution in [1.82, 2.24) is 4.90 Å². The van der Waals surface area contributed by atoms with Crippen LogP contribution in [-0.4, -0.2) is 11.4 Å². The molecule has 3 rings (SSSR count). The van der Waals surface area contributed by atoms with Crippen LogP contribution in [0.15, 0.2) is 53.1 Å². The van der Waals surface area contributed by atoms with Gasteiger partial charge < -0.3 is 4.42 Å². The molecule has 0 aliphatic carbocycles. The number of likely N-dealkylation sites (tertiary alicyclic amines) is 1. The molecule has 0 bridgehead atoms. The summed E-state index contributed by atoms with van der Waals surface area (Å²) in [4.78, 5) is 2.54. The van der Waals surface area contributed by atoms with Gasteiger partial charge in [0.2, 0.25) is 0 Å². The lowest BCUT2D eigenvalue weighted by Gasteiger charge is -2.34. The Kier molecular flexibility index (Phi) is 3.47. The van der Waals surface area contributed by atoms with Gasteiger partial charge in [0, 0.05) is 6.54 Å². The van der Waals surface area contributed by atoms with E-state index in [1.54, 1.807) is 6.26 Å². The fraction of sp³-hybridized carbons (Fsp3) is 0.375. The first kappa shape index (κ1) is 11.5. The van der Waals surface area contributed by atoms with Gasteiger partial charge in [-0.05, 0) is 37.1 Å². The predicted octanol–water partition coefficient (Wildman–Crippen LogP) is 4.01. The van der Waals surface area contributed by atoms with Crippen LogP contribution in [-0.2, 0) is 6.54 Å². The maximum atomic E-state index is 5.60. The van der Waals surface area contributed by atoms with Gasteiger partial charge >= 0.3 is 0 Å². The lowest BCUT2D eigenvalue weighted by Crippen LogP contribution is -2.32. The second-order valence-corrected chi connectivity index (χ2v) is 4.98. The maximum Gasteiger partial charge on any atom is 0.120 e. The summed E-state index contributed by atoms with van der Waals surface area (Å²) in [6, 6.07) is 15.3. The van der Waals surface area contributed by atoms with Crippen LogP contribution in [0.5, 0.6) is 0 Å². The minimum atomic E-state index is 0.453. The third kappa shape index (κ3) is 2.49. The Bertz CT molecular complexity index is 463. The highest BCUT2D eigenvalue weighted by molar-refractivity contribution is 5.15. The molecule has 2 heterocycles. The van der Waals surface area contributed by atoms with Crippen LogP contribution in [0.3, 0.4) is 0 Å². The van der Waals surface area contributed by atoms with Gasteiger partial charge in [-0.3, -0.25) is 4.90 Å². The fourth-order valence-corrected chi connectivity index (χ4v) is 2.80. The smallest absolute Gasteiger partial charge is 0.120 e. The molecule has 0 radical (unpaired) electrons. The van der Waals surface area contributed by atoms with Gasteiger partial charge in [-0.15, -0.1) is 0 Å². The highest BCUT2D eigenvalue weighted by Gasteiger charge is 2.25. The minimum Gasteiger partial charge on any atom is -0.468 e. The molecule has 2 aromatic rings. The molecule has 0 N–H and O–H groups in total. The highest BCUT2D eigenvalue weighted by Crippen LogP contribution is 2.32. The predicted molar refractivity (Wildman–Crippen MR) is 72.2 cm³/mol. The molecule has 94 valence electrons. The summed E-state index contributed by atoms with van der Waals surface area (Å²) in [5, 5.41) is 0. The number of nitrogens with zero attached hydrogens (tertiary/aromatic N) is 1. The molecule has 0 unspecified atom stereocenters. The van der Waals surface area contributed by atoms with E-state index in [2.05, 4.69) is 41.3 Å². The van der Waals surface area contributed by atoms with Crippen molar-refractivity contribution in [2.45, 2.75) is 31.8 Å². The van der Waals surface area contributed by atoms with Crippen molar-refractivity contribution in [3.63, 3.8) is 0 Å². The third-order valence-corrected chi connectivity index (χ3v) is 3.71. The van der Waals surface area contributed by atoms with Crippen molar-refractivity contribution in [2.24, 2.45) is 0 Å². The van der Waals surface area contributed by atoms with E-state index < -0.39 is 0 Å². The summed E-state index contributed by atoms with van der Waals surface area (Å²) in [6.07, 6.45) is 5.59. The molecule has 0 saturated carbocycles. The molecule has 1 fully saturated rings. The average Bonchev–Trinajstić information content (AvgIpc) is 2.94. The quantitative estimate of drug-likeness (QED) is 0.807. The van der Waals surface area contributed by atoms with Gasteiger partial charge in [0.15, 0.2) is 0 Å². The maximum absolute atomic E-state index is 5.60. The Balaban J connectivity index is 1.76. The Morgan fingerprint density at radius 1 is 1.06 bits per heavy atom. The van der Waals surface area contributed by atoms with Crippen molar-refractivity contribution < 1.29 is 4.42 Å². The molecule has 1 aliphatic rings. The van der Waals surface area contributed by atoms with Crippen LogP contribution in [0.2, 0.25) is 0 Å². The lowest BCUT2D eigenvalue weighted by molar-refractivity contribution is 0.122. The molecule has 1 aromatic heterocycles. The van der Waals surface area contributed by atoms with Gasteiger partial charge in [-0.2, -0.15) is 0 Å². The molecular formula is C16H19NO. The zero-order valence-electron chi connectivity index (χ0n) is 10.6. The van der Waals surface area contributed by atoms with E-state index in [1.165, 1.54) is 31.4 Å². The highest BCUT2D eigenvalue weighted by atomic mass is 16.3. The van der Waals surface area contributed by atoms with Crippen molar-refractivity contribution in [2.75, 3.05) is 6.54 Å². The standard InChI is InChI=1S/C16H19NO/c1-2-7-14(8-3-1)13-17-11-5-4-9-15(17)16-10-6-12-18-16/h1-3,6-8,10,12,15H,4-5,9,11,13H2/t15-/m0/s1. The van der Waals surface area contributed by atoms with Crippen molar-refractivity contribution in [3.8, 4) is 0 Å². The SMILES string of the molecule is c1ccc(CN2CCCC[C@H]2c2ccco2)cc1. The van der Waals surface area contributed by atoms with Crippen molar-refractivity contribution in [1.29, 1.82) is 0 Å². The molecule has 0 spiro atoms. The number of piperidine rings is 1. The Morgan fingerprint density at radius 3 is 2.72 bits per heavy atom. The Labute approximate surface area is 108 Å². The van der Waals surface area contributed by atoms with Crippen LogP contribution >= 0.6 is 0 Å². The fourth-order valence-electron chi connectivity index (χ4n) is 2.80. The Morgan fingerprint density at radius 2 is 1.94 bits per heavy atom. The monoisotopic (exact) mass is 241 g/mol. The molecule has 18 heavy (non-hydrogen) atoms. The second-order valence-electron chi connectivity index (χ2n) is 4.98. The zero-order valence-corrected chi connectivity index (χ0v) is 10.6. The molecular weight excluding hydrogens is 222 g/mol. The second kappa shape index (κ2) is 5.40. The normalized spacial score (nSPS) is 21.0. The first-order valence-electron chi connectivity index (χ1n) is 6.75.